The average Bonchev–Trinajstić information content (AvgIpc) is 3.04. The van der Waals surface area contributed by atoms with Gasteiger partial charge in [-0.1, -0.05) is 38.1 Å². The monoisotopic (exact) mass is 411 g/mol. The smallest absolute Gasteiger partial charge is 0.249 e. The molecule has 2 amide bonds. The minimum Gasteiger partial charge on any atom is -0.374 e. The molecule has 0 radical (unpaired) electrons. The Morgan fingerprint density at radius 2 is 1.83 bits per heavy atom. The molecule has 2 aromatic carbocycles. The van der Waals surface area contributed by atoms with Crippen LogP contribution in [0.2, 0.25) is 0 Å². The van der Waals surface area contributed by atoms with Gasteiger partial charge >= 0.3 is 0 Å². The second-order valence-electron chi connectivity index (χ2n) is 9.30. The Labute approximate surface area is 179 Å². The van der Waals surface area contributed by atoms with Gasteiger partial charge < -0.3 is 20.3 Å². The number of ether oxygens (including phenoxy) is 1. The van der Waals surface area contributed by atoms with Crippen molar-refractivity contribution in [2.45, 2.75) is 52.7 Å². The van der Waals surface area contributed by atoms with Gasteiger partial charge in [-0.05, 0) is 50.1 Å². The molecule has 1 aliphatic rings. The van der Waals surface area contributed by atoms with E-state index in [9.17, 15) is 9.59 Å². The van der Waals surface area contributed by atoms with Crippen molar-refractivity contribution in [1.29, 1.82) is 0 Å². The van der Waals surface area contributed by atoms with E-state index in [-0.39, 0.29) is 24.3 Å². The number of likely N-dealkylation sites (N-methyl/N-ethyl adjacent to an activating group) is 1. The summed E-state index contributed by atoms with van der Waals surface area (Å²) in [6.07, 6.45) is 0.397. The number of hydrogen-bond acceptors (Lipinski definition) is 4. The van der Waals surface area contributed by atoms with Crippen LogP contribution in [0.5, 0.6) is 0 Å². The first kappa shape index (κ1) is 22.1. The Morgan fingerprint density at radius 1 is 1.17 bits per heavy atom. The second-order valence-corrected chi connectivity index (χ2v) is 9.30. The molecule has 0 aliphatic carbocycles. The molecule has 0 bridgehead atoms. The summed E-state index contributed by atoms with van der Waals surface area (Å²) in [5, 5.41) is 7.90. The number of carbonyl (C=O) groups excluding carboxylic acids is 2. The largest absolute Gasteiger partial charge is 0.374 e. The fourth-order valence-electron chi connectivity index (χ4n) is 3.86. The van der Waals surface area contributed by atoms with Crippen molar-refractivity contribution in [3.63, 3.8) is 0 Å². The lowest BCUT2D eigenvalue weighted by Gasteiger charge is -2.29. The summed E-state index contributed by atoms with van der Waals surface area (Å²) in [5.41, 5.74) is 2.79. The highest BCUT2D eigenvalue weighted by molar-refractivity contribution is 6.07. The fourth-order valence-corrected chi connectivity index (χ4v) is 3.86. The van der Waals surface area contributed by atoms with Crippen molar-refractivity contribution in [3.05, 3.63) is 35.9 Å². The second kappa shape index (κ2) is 8.64. The molecular weight excluding hydrogens is 378 g/mol. The quantitative estimate of drug-likeness (QED) is 0.760. The number of hydrogen-bond donors (Lipinski definition) is 2. The van der Waals surface area contributed by atoms with E-state index < -0.39 is 11.7 Å². The van der Waals surface area contributed by atoms with Gasteiger partial charge in [0, 0.05) is 24.7 Å². The molecule has 1 unspecified atom stereocenters. The van der Waals surface area contributed by atoms with Crippen LogP contribution < -0.4 is 15.5 Å². The summed E-state index contributed by atoms with van der Waals surface area (Å²) in [4.78, 5) is 27.4. The zero-order valence-corrected chi connectivity index (χ0v) is 18.8. The third-order valence-electron chi connectivity index (χ3n) is 5.28. The number of carbonyl (C=O) groups is 2. The molecule has 0 aromatic heterocycles. The van der Waals surface area contributed by atoms with Crippen molar-refractivity contribution in [2.75, 3.05) is 30.4 Å². The van der Waals surface area contributed by atoms with Gasteiger partial charge in [0.25, 0.3) is 0 Å². The highest BCUT2D eigenvalue weighted by Crippen LogP contribution is 2.38. The van der Waals surface area contributed by atoms with Crippen molar-refractivity contribution in [2.24, 2.45) is 5.92 Å². The summed E-state index contributed by atoms with van der Waals surface area (Å²) in [5.74, 6) is -0.524. The number of rotatable bonds is 6. The minimum absolute atomic E-state index is 0.00322. The molecule has 6 heteroatoms. The van der Waals surface area contributed by atoms with Gasteiger partial charge in [0.15, 0.2) is 0 Å². The lowest BCUT2D eigenvalue weighted by atomic mass is 10.0. The Kier molecular flexibility index (Phi) is 6.36. The summed E-state index contributed by atoms with van der Waals surface area (Å²) in [7, 11) is 2.06. The summed E-state index contributed by atoms with van der Waals surface area (Å²) in [6.45, 7) is 10.5. The van der Waals surface area contributed by atoms with Crippen molar-refractivity contribution < 1.29 is 14.3 Å². The Bertz CT molecular complexity index is 947. The van der Waals surface area contributed by atoms with Crippen LogP contribution in [-0.4, -0.2) is 43.7 Å². The zero-order chi connectivity index (χ0) is 22.1. The number of fused-ring (bicyclic) bond motifs is 3. The van der Waals surface area contributed by atoms with E-state index in [0.717, 1.165) is 35.1 Å². The van der Waals surface area contributed by atoms with Gasteiger partial charge in [-0.15, -0.1) is 0 Å². The first-order valence-corrected chi connectivity index (χ1v) is 10.6. The molecule has 2 aromatic rings. The average molecular weight is 412 g/mol. The minimum atomic E-state index is -0.604. The van der Waals surface area contributed by atoms with Crippen LogP contribution in [0.25, 0.3) is 10.8 Å². The van der Waals surface area contributed by atoms with Crippen molar-refractivity contribution in [3.8, 4) is 0 Å². The fraction of sp³-hybridized carbons (Fsp3) is 0.500. The molecule has 0 fully saturated rings. The maximum absolute atomic E-state index is 12.6. The molecule has 0 spiro atoms. The van der Waals surface area contributed by atoms with Crippen LogP contribution in [0.3, 0.4) is 0 Å². The zero-order valence-electron chi connectivity index (χ0n) is 18.8. The topological polar surface area (TPSA) is 70.7 Å². The normalized spacial score (nSPS) is 14.7. The SMILES string of the molecule is CC(C)C(OC(C)(C)C)C(=O)NCC(=O)Nc1cc2c(c3ccccc13)CCN2C. The predicted molar refractivity (Wildman–Crippen MR) is 122 cm³/mol. The van der Waals surface area contributed by atoms with E-state index in [0.29, 0.717) is 0 Å². The van der Waals surface area contributed by atoms with Gasteiger partial charge in [0.2, 0.25) is 11.8 Å². The molecule has 3 rings (SSSR count). The van der Waals surface area contributed by atoms with Crippen LogP contribution >= 0.6 is 0 Å². The van der Waals surface area contributed by atoms with Gasteiger partial charge in [-0.2, -0.15) is 0 Å². The van der Waals surface area contributed by atoms with E-state index in [1.165, 1.54) is 5.56 Å². The standard InChI is InChI=1S/C24H33N3O3/c1-15(2)22(30-24(3,4)5)23(29)25-14-21(28)26-19-13-20-18(11-12-27(20)6)16-9-7-8-10-17(16)19/h7-10,13,15,22H,11-12,14H2,1-6H3,(H,25,29)(H,26,28). The molecule has 0 saturated heterocycles. The number of amides is 2. The molecule has 1 heterocycles. The number of nitrogens with one attached hydrogen (secondary N) is 2. The Hall–Kier alpha value is -2.60. The van der Waals surface area contributed by atoms with Gasteiger partial charge in [0.05, 0.1) is 17.8 Å². The maximum Gasteiger partial charge on any atom is 0.249 e. The molecule has 6 nitrogen and oxygen atoms in total. The van der Waals surface area contributed by atoms with E-state index in [4.69, 9.17) is 4.74 Å². The van der Waals surface area contributed by atoms with Crippen molar-refractivity contribution >= 4 is 34.0 Å². The van der Waals surface area contributed by atoms with E-state index in [1.807, 2.05) is 58.9 Å². The van der Waals surface area contributed by atoms with E-state index in [2.05, 4.69) is 28.6 Å². The summed E-state index contributed by atoms with van der Waals surface area (Å²) in [6, 6.07) is 10.1. The molecule has 2 N–H and O–H groups in total. The Balaban J connectivity index is 1.72. The first-order valence-electron chi connectivity index (χ1n) is 10.6. The molecule has 1 atom stereocenters. The van der Waals surface area contributed by atoms with Crippen molar-refractivity contribution in [1.82, 2.24) is 5.32 Å². The predicted octanol–water partition coefficient (Wildman–Crippen LogP) is 3.73. The number of benzene rings is 2. The summed E-state index contributed by atoms with van der Waals surface area (Å²) >= 11 is 0. The van der Waals surface area contributed by atoms with Crippen LogP contribution in [0, 0.1) is 5.92 Å². The third kappa shape index (κ3) is 4.93. The highest BCUT2D eigenvalue weighted by Gasteiger charge is 2.28. The lowest BCUT2D eigenvalue weighted by Crippen LogP contribution is -2.45. The van der Waals surface area contributed by atoms with Crippen LogP contribution in [0.15, 0.2) is 30.3 Å². The highest BCUT2D eigenvalue weighted by atomic mass is 16.5. The van der Waals surface area contributed by atoms with Gasteiger partial charge in [0.1, 0.15) is 6.10 Å². The van der Waals surface area contributed by atoms with E-state index >= 15 is 0 Å². The summed E-state index contributed by atoms with van der Waals surface area (Å²) < 4.78 is 5.88. The van der Waals surface area contributed by atoms with Crippen LogP contribution in [0.1, 0.15) is 40.2 Å². The van der Waals surface area contributed by atoms with Gasteiger partial charge in [-0.3, -0.25) is 9.59 Å². The lowest BCUT2D eigenvalue weighted by molar-refractivity contribution is -0.147. The molecule has 0 saturated carbocycles. The Morgan fingerprint density at radius 3 is 2.47 bits per heavy atom. The van der Waals surface area contributed by atoms with Crippen LogP contribution in [0.4, 0.5) is 11.4 Å². The first-order chi connectivity index (χ1) is 14.1. The third-order valence-corrected chi connectivity index (χ3v) is 5.28. The molecule has 162 valence electrons. The van der Waals surface area contributed by atoms with E-state index in [1.54, 1.807) is 0 Å². The number of nitrogens with zero attached hydrogens (tertiary/aromatic N) is 1. The number of anilines is 2. The molecular formula is C24H33N3O3. The van der Waals surface area contributed by atoms with Crippen LogP contribution in [-0.2, 0) is 20.7 Å². The molecule has 30 heavy (non-hydrogen) atoms. The van der Waals surface area contributed by atoms with Gasteiger partial charge in [-0.25, -0.2) is 0 Å². The molecule has 1 aliphatic heterocycles. The maximum atomic E-state index is 12.6.